The van der Waals surface area contributed by atoms with E-state index >= 15 is 0 Å². The zero-order chi connectivity index (χ0) is 23.7. The highest BCUT2D eigenvalue weighted by molar-refractivity contribution is 6.52. The van der Waals surface area contributed by atoms with E-state index in [2.05, 4.69) is 5.32 Å². The molecule has 0 saturated heterocycles. The van der Waals surface area contributed by atoms with E-state index in [0.717, 1.165) is 12.8 Å². The predicted molar refractivity (Wildman–Crippen MR) is 119 cm³/mol. The Morgan fingerprint density at radius 3 is 2.52 bits per heavy atom. The first-order valence-corrected chi connectivity index (χ1v) is 10.5. The molecule has 1 heterocycles. The molecule has 2 N–H and O–H groups in total. The van der Waals surface area contributed by atoms with Gasteiger partial charge < -0.3 is 19.9 Å². The summed E-state index contributed by atoms with van der Waals surface area (Å²) in [7, 11) is 1.42. The third-order valence-corrected chi connectivity index (χ3v) is 5.68. The number of allylic oxidation sites excluding steroid dienone is 1. The molecule has 1 atom stereocenters. The molecule has 0 amide bonds. The first kappa shape index (κ1) is 22.1. The maximum absolute atomic E-state index is 13.2. The van der Waals surface area contributed by atoms with Gasteiger partial charge in [-0.25, -0.2) is 0 Å². The lowest BCUT2D eigenvalue weighted by Gasteiger charge is -2.29. The molecule has 1 unspecified atom stereocenters. The van der Waals surface area contributed by atoms with Crippen LogP contribution in [0, 0.1) is 10.1 Å². The molecule has 0 spiro atoms. The fraction of sp³-hybridized carbons (Fsp3) is 0.250. The van der Waals surface area contributed by atoms with Crippen LogP contribution in [-0.4, -0.2) is 35.3 Å². The quantitative estimate of drug-likeness (QED) is 0.283. The number of ketones is 2. The van der Waals surface area contributed by atoms with Crippen molar-refractivity contribution in [2.45, 2.75) is 25.7 Å². The minimum absolute atomic E-state index is 0.0506. The van der Waals surface area contributed by atoms with Crippen LogP contribution in [0.25, 0.3) is 5.76 Å². The van der Waals surface area contributed by atoms with Crippen molar-refractivity contribution in [3.8, 4) is 11.5 Å². The summed E-state index contributed by atoms with van der Waals surface area (Å²) in [5.41, 5.74) is -0.387. The lowest BCUT2D eigenvalue weighted by atomic mass is 9.77. The van der Waals surface area contributed by atoms with E-state index in [4.69, 9.17) is 9.47 Å². The Morgan fingerprint density at radius 1 is 1.12 bits per heavy atom. The molecular weight excluding hydrogens is 428 g/mol. The van der Waals surface area contributed by atoms with Gasteiger partial charge in [0.25, 0.3) is 5.88 Å². The van der Waals surface area contributed by atoms with Crippen LogP contribution in [-0.2, 0) is 4.79 Å². The number of rotatable bonds is 7. The van der Waals surface area contributed by atoms with Gasteiger partial charge in [0.05, 0.1) is 17.6 Å². The van der Waals surface area contributed by atoms with Gasteiger partial charge in [-0.05, 0) is 12.5 Å². The SMILES string of the molecule is CCCCNC1=C([N+](=O)[O-])C(C2=C(O)c3ccccc3C(=O)C2=O)c2cccc(OC)c2O1. The van der Waals surface area contributed by atoms with Gasteiger partial charge in [-0.15, -0.1) is 0 Å². The van der Waals surface area contributed by atoms with Gasteiger partial charge in [-0.3, -0.25) is 19.7 Å². The number of aliphatic hydroxyl groups excluding tert-OH is 1. The normalized spacial score (nSPS) is 17.3. The van der Waals surface area contributed by atoms with Crippen molar-refractivity contribution in [2.75, 3.05) is 13.7 Å². The second-order valence-electron chi connectivity index (χ2n) is 7.63. The van der Waals surface area contributed by atoms with E-state index in [1.165, 1.54) is 19.2 Å². The summed E-state index contributed by atoms with van der Waals surface area (Å²) >= 11 is 0. The largest absolute Gasteiger partial charge is 0.507 e. The number of hydrogen-bond donors (Lipinski definition) is 2. The third-order valence-electron chi connectivity index (χ3n) is 5.68. The number of benzene rings is 2. The van der Waals surface area contributed by atoms with Crippen molar-refractivity contribution in [3.05, 3.63) is 86.4 Å². The maximum Gasteiger partial charge on any atom is 0.317 e. The van der Waals surface area contributed by atoms with Gasteiger partial charge in [0.15, 0.2) is 11.5 Å². The number of ether oxygens (including phenoxy) is 2. The second kappa shape index (κ2) is 8.78. The first-order valence-electron chi connectivity index (χ1n) is 10.5. The van der Waals surface area contributed by atoms with E-state index in [-0.39, 0.29) is 33.9 Å². The topological polar surface area (TPSA) is 128 Å². The monoisotopic (exact) mass is 450 g/mol. The summed E-state index contributed by atoms with van der Waals surface area (Å²) in [4.78, 5) is 37.7. The third kappa shape index (κ3) is 3.61. The Morgan fingerprint density at radius 2 is 1.85 bits per heavy atom. The molecule has 33 heavy (non-hydrogen) atoms. The molecule has 1 aliphatic heterocycles. The zero-order valence-corrected chi connectivity index (χ0v) is 18.1. The highest BCUT2D eigenvalue weighted by atomic mass is 16.6. The number of Topliss-reactive ketones (excluding diaryl/α,β-unsaturated/α-hetero) is 2. The number of para-hydroxylation sites is 1. The Kier molecular flexibility index (Phi) is 5.87. The van der Waals surface area contributed by atoms with Gasteiger partial charge in [-0.1, -0.05) is 49.7 Å². The number of nitrogens with one attached hydrogen (secondary N) is 1. The molecule has 0 aromatic heterocycles. The van der Waals surface area contributed by atoms with Crippen LogP contribution in [0.4, 0.5) is 0 Å². The number of aliphatic hydroxyl groups is 1. The van der Waals surface area contributed by atoms with Crippen LogP contribution in [0.2, 0.25) is 0 Å². The molecule has 170 valence electrons. The average Bonchev–Trinajstić information content (AvgIpc) is 2.82. The van der Waals surface area contributed by atoms with Crippen molar-refractivity contribution >= 4 is 17.3 Å². The highest BCUT2D eigenvalue weighted by Crippen LogP contribution is 2.49. The van der Waals surface area contributed by atoms with Gasteiger partial charge in [-0.2, -0.15) is 0 Å². The van der Waals surface area contributed by atoms with E-state index in [1.54, 1.807) is 30.3 Å². The van der Waals surface area contributed by atoms with Crippen LogP contribution in [0.3, 0.4) is 0 Å². The van der Waals surface area contributed by atoms with E-state index < -0.39 is 33.9 Å². The van der Waals surface area contributed by atoms with Crippen LogP contribution >= 0.6 is 0 Å². The highest BCUT2D eigenvalue weighted by Gasteiger charge is 2.48. The van der Waals surface area contributed by atoms with E-state index in [1.807, 2.05) is 6.92 Å². The van der Waals surface area contributed by atoms with E-state index in [0.29, 0.717) is 12.3 Å². The Hall–Kier alpha value is -4.14. The summed E-state index contributed by atoms with van der Waals surface area (Å²) in [6, 6.07) is 10.9. The van der Waals surface area contributed by atoms with Crippen LogP contribution in [0.1, 0.15) is 47.2 Å². The summed E-state index contributed by atoms with van der Waals surface area (Å²) in [5.74, 6) is -3.35. The minimum atomic E-state index is -1.35. The van der Waals surface area contributed by atoms with Crippen LogP contribution in [0.5, 0.6) is 11.5 Å². The molecule has 0 saturated carbocycles. The summed E-state index contributed by atoms with van der Waals surface area (Å²) < 4.78 is 11.2. The van der Waals surface area contributed by atoms with Gasteiger partial charge in [0.2, 0.25) is 11.6 Å². The molecule has 0 radical (unpaired) electrons. The summed E-state index contributed by atoms with van der Waals surface area (Å²) in [5, 5.41) is 26.3. The van der Waals surface area contributed by atoms with Crippen LogP contribution < -0.4 is 14.8 Å². The van der Waals surface area contributed by atoms with Crippen LogP contribution in [0.15, 0.2) is 59.6 Å². The Bertz CT molecular complexity index is 1230. The molecule has 4 rings (SSSR count). The van der Waals surface area contributed by atoms with Crippen molar-refractivity contribution in [1.82, 2.24) is 5.32 Å². The van der Waals surface area contributed by atoms with Crippen molar-refractivity contribution < 1.29 is 29.1 Å². The zero-order valence-electron chi connectivity index (χ0n) is 18.1. The number of hydrogen-bond acceptors (Lipinski definition) is 8. The fourth-order valence-electron chi connectivity index (χ4n) is 4.10. The summed E-state index contributed by atoms with van der Waals surface area (Å²) in [6.07, 6.45) is 1.56. The summed E-state index contributed by atoms with van der Waals surface area (Å²) in [6.45, 7) is 2.36. The number of carbonyl (C=O) groups excluding carboxylic acids is 2. The molecule has 2 aromatic rings. The number of fused-ring (bicyclic) bond motifs is 2. The van der Waals surface area contributed by atoms with Gasteiger partial charge in [0.1, 0.15) is 11.7 Å². The first-order chi connectivity index (χ1) is 15.9. The molecule has 0 bridgehead atoms. The average molecular weight is 450 g/mol. The van der Waals surface area contributed by atoms with Gasteiger partial charge >= 0.3 is 5.70 Å². The lowest BCUT2D eigenvalue weighted by Crippen LogP contribution is -2.35. The van der Waals surface area contributed by atoms with E-state index in [9.17, 15) is 24.8 Å². The molecule has 9 heteroatoms. The van der Waals surface area contributed by atoms with Crippen molar-refractivity contribution in [1.29, 1.82) is 0 Å². The smallest absolute Gasteiger partial charge is 0.317 e. The maximum atomic E-state index is 13.2. The Labute approximate surface area is 189 Å². The minimum Gasteiger partial charge on any atom is -0.507 e. The molecule has 0 fully saturated rings. The molecular formula is C24H22N2O7. The number of nitrogens with zero attached hydrogens (tertiary/aromatic N) is 1. The molecule has 1 aliphatic carbocycles. The Balaban J connectivity index is 2.01. The standard InChI is InChI=1S/C24H22N2O7/c1-3-4-12-25-24-19(26(30)31)17(15-10-7-11-16(32-2)23(15)33-24)18-20(27)13-8-5-6-9-14(13)21(28)22(18)29/h5-11,17,25,27H,3-4,12H2,1-2H3. The van der Waals surface area contributed by atoms with Crippen molar-refractivity contribution in [3.63, 3.8) is 0 Å². The fourth-order valence-corrected chi connectivity index (χ4v) is 4.10. The van der Waals surface area contributed by atoms with Crippen molar-refractivity contribution in [2.24, 2.45) is 0 Å². The predicted octanol–water partition coefficient (Wildman–Crippen LogP) is 3.74. The molecule has 2 aliphatic rings. The van der Waals surface area contributed by atoms with Gasteiger partial charge in [0, 0.05) is 23.2 Å². The number of unbranched alkanes of at least 4 members (excludes halogenated alkanes) is 1. The number of nitro groups is 1. The second-order valence-corrected chi connectivity index (χ2v) is 7.63. The molecule has 9 nitrogen and oxygen atoms in total. The molecule has 2 aromatic carbocycles. The number of carbonyl (C=O) groups is 2. The number of methoxy groups -OCH3 is 1. The lowest BCUT2D eigenvalue weighted by molar-refractivity contribution is -0.433.